The van der Waals surface area contributed by atoms with Crippen LogP contribution in [0.3, 0.4) is 0 Å². The molecule has 0 aliphatic rings. The second-order valence-electron chi connectivity index (χ2n) is 3.63. The first-order valence-electron chi connectivity index (χ1n) is 4.98. The Bertz CT molecular complexity index is 636. The van der Waals surface area contributed by atoms with Crippen LogP contribution in [0.5, 0.6) is 0 Å². The summed E-state index contributed by atoms with van der Waals surface area (Å²) in [7, 11) is 0. The highest BCUT2D eigenvalue weighted by Crippen LogP contribution is 2.28. The lowest BCUT2D eigenvalue weighted by molar-refractivity contribution is -0.141. The largest absolute Gasteiger partial charge is 0.476 e. The molecule has 2 aromatic heterocycles. The SMILES string of the molecule is Cc1nc(-n2cnc(C(=O)O)c2)cc(C(F)(F)F)n1. The van der Waals surface area contributed by atoms with Crippen LogP contribution in [0.1, 0.15) is 22.0 Å². The van der Waals surface area contributed by atoms with E-state index < -0.39 is 17.8 Å². The van der Waals surface area contributed by atoms with Crippen LogP contribution in [-0.2, 0) is 6.18 Å². The molecule has 0 unspecified atom stereocenters. The molecule has 100 valence electrons. The van der Waals surface area contributed by atoms with Crippen molar-refractivity contribution in [1.29, 1.82) is 0 Å². The van der Waals surface area contributed by atoms with E-state index >= 15 is 0 Å². The summed E-state index contributed by atoms with van der Waals surface area (Å²) in [4.78, 5) is 21.3. The maximum atomic E-state index is 12.6. The van der Waals surface area contributed by atoms with Crippen molar-refractivity contribution in [3.05, 3.63) is 35.8 Å². The summed E-state index contributed by atoms with van der Waals surface area (Å²) in [6, 6.07) is 0.723. The molecule has 6 nitrogen and oxygen atoms in total. The molecule has 19 heavy (non-hydrogen) atoms. The van der Waals surface area contributed by atoms with Crippen molar-refractivity contribution in [1.82, 2.24) is 19.5 Å². The molecule has 2 heterocycles. The summed E-state index contributed by atoms with van der Waals surface area (Å²) in [5.41, 5.74) is -1.38. The van der Waals surface area contributed by atoms with E-state index in [2.05, 4.69) is 15.0 Å². The standard InChI is InChI=1S/C10H7F3N4O2/c1-5-15-7(10(11,12)13)2-8(16-5)17-3-6(9(18)19)14-4-17/h2-4H,1H3,(H,18,19). The van der Waals surface area contributed by atoms with Gasteiger partial charge < -0.3 is 5.11 Å². The number of aromatic nitrogens is 4. The summed E-state index contributed by atoms with van der Waals surface area (Å²) in [6.07, 6.45) is -2.45. The molecule has 0 aromatic carbocycles. The second kappa shape index (κ2) is 4.34. The first-order valence-corrected chi connectivity index (χ1v) is 4.98. The summed E-state index contributed by atoms with van der Waals surface area (Å²) in [5.74, 6) is -1.45. The number of halogens is 3. The zero-order valence-corrected chi connectivity index (χ0v) is 9.51. The minimum absolute atomic E-state index is 0.0737. The molecule has 0 amide bonds. The number of alkyl halides is 3. The molecule has 2 aromatic rings. The third-order valence-corrected chi connectivity index (χ3v) is 2.18. The number of aryl methyl sites for hydroxylation is 1. The van der Waals surface area contributed by atoms with Gasteiger partial charge in [-0.3, -0.25) is 4.57 Å². The average molecular weight is 272 g/mol. The predicted octanol–water partition coefficient (Wildman–Crippen LogP) is 1.69. The van der Waals surface area contributed by atoms with Gasteiger partial charge in [-0.2, -0.15) is 13.2 Å². The Kier molecular flexibility index (Phi) is 2.97. The van der Waals surface area contributed by atoms with Crippen molar-refractivity contribution in [3.63, 3.8) is 0 Å². The number of carboxylic acid groups (broad SMARTS) is 1. The first kappa shape index (κ1) is 13.0. The molecule has 9 heteroatoms. The Balaban J connectivity index is 2.50. The van der Waals surface area contributed by atoms with Gasteiger partial charge in [0.25, 0.3) is 0 Å². The highest BCUT2D eigenvalue weighted by molar-refractivity contribution is 5.85. The fraction of sp³-hybridized carbons (Fsp3) is 0.200. The van der Waals surface area contributed by atoms with E-state index in [1.165, 1.54) is 6.92 Å². The van der Waals surface area contributed by atoms with Crippen molar-refractivity contribution in [3.8, 4) is 5.82 Å². The Morgan fingerprint density at radius 2 is 2.05 bits per heavy atom. The summed E-state index contributed by atoms with van der Waals surface area (Å²) in [5, 5.41) is 8.69. The van der Waals surface area contributed by atoms with Crippen LogP contribution in [0.15, 0.2) is 18.6 Å². The van der Waals surface area contributed by atoms with E-state index in [0.29, 0.717) is 0 Å². The quantitative estimate of drug-likeness (QED) is 0.899. The number of aromatic carboxylic acids is 1. The van der Waals surface area contributed by atoms with Crippen LogP contribution in [0.25, 0.3) is 5.82 Å². The number of carboxylic acids is 1. The van der Waals surface area contributed by atoms with E-state index in [1.54, 1.807) is 0 Å². The second-order valence-corrected chi connectivity index (χ2v) is 3.63. The summed E-state index contributed by atoms with van der Waals surface area (Å²) < 4.78 is 38.9. The van der Waals surface area contributed by atoms with Gasteiger partial charge in [-0.25, -0.2) is 19.7 Å². The highest BCUT2D eigenvalue weighted by atomic mass is 19.4. The fourth-order valence-corrected chi connectivity index (χ4v) is 1.39. The number of carbonyl (C=O) groups is 1. The zero-order valence-electron chi connectivity index (χ0n) is 9.51. The van der Waals surface area contributed by atoms with Gasteiger partial charge in [0.15, 0.2) is 5.69 Å². The Morgan fingerprint density at radius 3 is 2.58 bits per heavy atom. The van der Waals surface area contributed by atoms with Crippen molar-refractivity contribution >= 4 is 5.97 Å². The van der Waals surface area contributed by atoms with Crippen LogP contribution in [-0.4, -0.2) is 30.6 Å². The smallest absolute Gasteiger partial charge is 0.433 e. The van der Waals surface area contributed by atoms with Crippen molar-refractivity contribution in [2.75, 3.05) is 0 Å². The van der Waals surface area contributed by atoms with E-state index in [-0.39, 0.29) is 17.3 Å². The number of rotatable bonds is 2. The maximum Gasteiger partial charge on any atom is 0.433 e. The fourth-order valence-electron chi connectivity index (χ4n) is 1.39. The zero-order chi connectivity index (χ0) is 14.2. The van der Waals surface area contributed by atoms with Crippen LogP contribution in [0.4, 0.5) is 13.2 Å². The number of hydrogen-bond donors (Lipinski definition) is 1. The molecule has 1 N–H and O–H groups in total. The molecule has 0 saturated heterocycles. The first-order chi connectivity index (χ1) is 8.77. The lowest BCUT2D eigenvalue weighted by atomic mass is 10.3. The third kappa shape index (κ3) is 2.69. The van der Waals surface area contributed by atoms with Gasteiger partial charge in [0, 0.05) is 12.3 Å². The lowest BCUT2D eigenvalue weighted by Crippen LogP contribution is -2.11. The molecule has 0 bridgehead atoms. The van der Waals surface area contributed by atoms with Gasteiger partial charge in [0.05, 0.1) is 0 Å². The average Bonchev–Trinajstić information content (AvgIpc) is 2.76. The molecule has 0 atom stereocenters. The van der Waals surface area contributed by atoms with E-state index in [0.717, 1.165) is 23.2 Å². The van der Waals surface area contributed by atoms with Gasteiger partial charge in [-0.1, -0.05) is 0 Å². The topological polar surface area (TPSA) is 80.9 Å². The predicted molar refractivity (Wildman–Crippen MR) is 55.9 cm³/mol. The van der Waals surface area contributed by atoms with Crippen molar-refractivity contribution < 1.29 is 23.1 Å². The lowest BCUT2D eigenvalue weighted by Gasteiger charge is -2.08. The van der Waals surface area contributed by atoms with Gasteiger partial charge in [0.2, 0.25) is 0 Å². The Labute approximate surface area is 104 Å². The molecule has 0 radical (unpaired) electrons. The van der Waals surface area contributed by atoms with Crippen LogP contribution in [0, 0.1) is 6.92 Å². The van der Waals surface area contributed by atoms with Gasteiger partial charge in [0.1, 0.15) is 23.7 Å². The molecule has 0 saturated carbocycles. The summed E-state index contributed by atoms with van der Waals surface area (Å²) >= 11 is 0. The van der Waals surface area contributed by atoms with Crippen molar-refractivity contribution in [2.24, 2.45) is 0 Å². The number of nitrogens with zero attached hydrogens (tertiary/aromatic N) is 4. The van der Waals surface area contributed by atoms with Crippen molar-refractivity contribution in [2.45, 2.75) is 13.1 Å². The number of imidazole rings is 1. The van der Waals surface area contributed by atoms with Gasteiger partial charge in [-0.05, 0) is 6.92 Å². The normalized spacial score (nSPS) is 11.6. The van der Waals surface area contributed by atoms with E-state index in [1.807, 2.05) is 0 Å². The monoisotopic (exact) mass is 272 g/mol. The van der Waals surface area contributed by atoms with Crippen LogP contribution < -0.4 is 0 Å². The molecular formula is C10H7F3N4O2. The maximum absolute atomic E-state index is 12.6. The van der Waals surface area contributed by atoms with E-state index in [9.17, 15) is 18.0 Å². The highest BCUT2D eigenvalue weighted by Gasteiger charge is 2.33. The van der Waals surface area contributed by atoms with Gasteiger partial charge >= 0.3 is 12.1 Å². The molecule has 0 aliphatic heterocycles. The van der Waals surface area contributed by atoms with Crippen LogP contribution >= 0.6 is 0 Å². The van der Waals surface area contributed by atoms with Crippen LogP contribution in [0.2, 0.25) is 0 Å². The Hall–Kier alpha value is -2.45. The molecule has 0 fully saturated rings. The van der Waals surface area contributed by atoms with Gasteiger partial charge in [-0.15, -0.1) is 0 Å². The molecular weight excluding hydrogens is 265 g/mol. The minimum atomic E-state index is -4.60. The molecule has 2 rings (SSSR count). The summed E-state index contributed by atoms with van der Waals surface area (Å²) in [6.45, 7) is 1.31. The number of hydrogen-bond acceptors (Lipinski definition) is 4. The Morgan fingerprint density at radius 1 is 1.37 bits per heavy atom. The third-order valence-electron chi connectivity index (χ3n) is 2.18. The van der Waals surface area contributed by atoms with E-state index in [4.69, 9.17) is 5.11 Å². The molecule has 0 aliphatic carbocycles. The molecule has 0 spiro atoms. The minimum Gasteiger partial charge on any atom is -0.476 e.